The monoisotopic (exact) mass is 296 g/mol. The molecule has 0 spiro atoms. The van der Waals surface area contributed by atoms with Gasteiger partial charge in [0.1, 0.15) is 0 Å². The molecule has 20 heavy (non-hydrogen) atoms. The summed E-state index contributed by atoms with van der Waals surface area (Å²) in [6.07, 6.45) is -3.26. The Bertz CT molecular complexity index is 304. The molecule has 1 heterocycles. The van der Waals surface area contributed by atoms with E-state index in [0.717, 1.165) is 6.42 Å². The highest BCUT2D eigenvalue weighted by atomic mass is 19.4. The van der Waals surface area contributed by atoms with Crippen LogP contribution in [-0.4, -0.2) is 73.7 Å². The van der Waals surface area contributed by atoms with Crippen LogP contribution >= 0.6 is 0 Å². The number of carbonyl (C=O) groups excluding carboxylic acids is 1. The number of hydrogen-bond donors (Lipinski definition) is 2. The second-order valence-electron chi connectivity index (χ2n) is 5.10. The van der Waals surface area contributed by atoms with Gasteiger partial charge in [0.25, 0.3) is 0 Å². The van der Waals surface area contributed by atoms with Crippen LogP contribution in [0.25, 0.3) is 0 Å². The van der Waals surface area contributed by atoms with Crippen molar-refractivity contribution in [1.82, 2.24) is 15.1 Å². The van der Waals surface area contributed by atoms with Gasteiger partial charge in [0, 0.05) is 32.7 Å². The lowest BCUT2D eigenvalue weighted by atomic mass is 10.2. The molecule has 1 fully saturated rings. The highest BCUT2D eigenvalue weighted by Crippen LogP contribution is 2.17. The van der Waals surface area contributed by atoms with E-state index in [-0.39, 0.29) is 0 Å². The topological polar surface area (TPSA) is 61.6 Å². The number of piperazine rings is 1. The third-order valence-corrected chi connectivity index (χ3v) is 3.29. The minimum absolute atomic E-state index is 0.360. The van der Waals surface area contributed by atoms with Crippen LogP contribution < -0.4 is 11.1 Å². The highest BCUT2D eigenvalue weighted by Gasteiger charge is 2.32. The molecular weight excluding hydrogens is 273 g/mol. The summed E-state index contributed by atoms with van der Waals surface area (Å²) in [5.41, 5.74) is 5.32. The third kappa shape index (κ3) is 6.53. The van der Waals surface area contributed by atoms with Crippen molar-refractivity contribution in [2.45, 2.75) is 25.6 Å². The molecule has 0 radical (unpaired) electrons. The number of hydrogen-bond acceptors (Lipinski definition) is 4. The van der Waals surface area contributed by atoms with Crippen molar-refractivity contribution < 1.29 is 18.0 Å². The maximum absolute atomic E-state index is 12.3. The smallest absolute Gasteiger partial charge is 0.368 e. The molecule has 8 heteroatoms. The fourth-order valence-electron chi connectivity index (χ4n) is 2.22. The molecule has 0 aromatic carbocycles. The Balaban J connectivity index is 2.35. The molecule has 1 aliphatic heterocycles. The highest BCUT2D eigenvalue weighted by molar-refractivity contribution is 5.80. The molecule has 0 aromatic rings. The summed E-state index contributed by atoms with van der Waals surface area (Å²) in [4.78, 5) is 14.7. The van der Waals surface area contributed by atoms with Gasteiger partial charge in [-0.2, -0.15) is 13.2 Å². The number of carbonyl (C=O) groups is 1. The lowest BCUT2D eigenvalue weighted by molar-refractivity contribution is -0.149. The minimum Gasteiger partial charge on any atom is -0.368 e. The number of amides is 1. The second kappa shape index (κ2) is 7.80. The molecule has 1 amide bonds. The summed E-state index contributed by atoms with van der Waals surface area (Å²) >= 11 is 0. The van der Waals surface area contributed by atoms with Crippen LogP contribution in [0.2, 0.25) is 0 Å². The van der Waals surface area contributed by atoms with E-state index in [0.29, 0.717) is 39.3 Å². The second-order valence-corrected chi connectivity index (χ2v) is 5.10. The molecule has 1 saturated heterocycles. The van der Waals surface area contributed by atoms with E-state index < -0.39 is 24.7 Å². The van der Waals surface area contributed by atoms with Gasteiger partial charge in [-0.15, -0.1) is 0 Å². The van der Waals surface area contributed by atoms with Crippen molar-refractivity contribution >= 4 is 5.91 Å². The molecule has 0 saturated carbocycles. The Morgan fingerprint density at radius 3 is 2.25 bits per heavy atom. The maximum atomic E-state index is 12.3. The van der Waals surface area contributed by atoms with Crippen molar-refractivity contribution in [3.63, 3.8) is 0 Å². The number of rotatable bonds is 7. The van der Waals surface area contributed by atoms with Crippen LogP contribution in [0.5, 0.6) is 0 Å². The van der Waals surface area contributed by atoms with Gasteiger partial charge in [-0.1, -0.05) is 6.92 Å². The average molecular weight is 296 g/mol. The van der Waals surface area contributed by atoms with E-state index in [2.05, 4.69) is 5.32 Å². The van der Waals surface area contributed by atoms with Crippen LogP contribution in [0.1, 0.15) is 13.3 Å². The van der Waals surface area contributed by atoms with Gasteiger partial charge in [0.2, 0.25) is 5.91 Å². The number of alkyl halides is 3. The molecule has 0 aromatic heterocycles. The molecular formula is C12H23F3N4O. The number of halogens is 3. The summed E-state index contributed by atoms with van der Waals surface area (Å²) in [6.45, 7) is 4.03. The normalized spacial score (nSPS) is 20.0. The van der Waals surface area contributed by atoms with Gasteiger partial charge in [-0.05, 0) is 13.0 Å². The first-order valence-corrected chi connectivity index (χ1v) is 6.86. The van der Waals surface area contributed by atoms with E-state index in [1.165, 1.54) is 4.90 Å². The quantitative estimate of drug-likeness (QED) is 0.695. The molecule has 3 N–H and O–H groups in total. The predicted molar refractivity (Wildman–Crippen MR) is 70.2 cm³/mol. The Morgan fingerprint density at radius 2 is 1.80 bits per heavy atom. The fourth-order valence-corrected chi connectivity index (χ4v) is 2.22. The molecule has 0 aliphatic carbocycles. The van der Waals surface area contributed by atoms with Crippen LogP contribution in [-0.2, 0) is 4.79 Å². The zero-order valence-electron chi connectivity index (χ0n) is 11.7. The van der Waals surface area contributed by atoms with Crippen LogP contribution in [0.4, 0.5) is 13.2 Å². The van der Waals surface area contributed by atoms with Crippen molar-refractivity contribution in [3.8, 4) is 0 Å². The number of nitrogens with zero attached hydrogens (tertiary/aromatic N) is 2. The van der Waals surface area contributed by atoms with Gasteiger partial charge >= 0.3 is 6.18 Å². The summed E-state index contributed by atoms with van der Waals surface area (Å²) in [6, 6.07) is -0.441. The number of nitrogens with one attached hydrogen (secondary N) is 1. The lowest BCUT2D eigenvalue weighted by Gasteiger charge is -2.36. The number of primary amides is 1. The Morgan fingerprint density at radius 1 is 1.25 bits per heavy atom. The zero-order valence-corrected chi connectivity index (χ0v) is 11.7. The van der Waals surface area contributed by atoms with E-state index in [1.807, 2.05) is 11.8 Å². The fraction of sp³-hybridized carbons (Fsp3) is 0.917. The minimum atomic E-state index is -4.15. The van der Waals surface area contributed by atoms with Crippen molar-refractivity contribution in [3.05, 3.63) is 0 Å². The maximum Gasteiger partial charge on any atom is 0.401 e. The first-order valence-electron chi connectivity index (χ1n) is 6.86. The van der Waals surface area contributed by atoms with Gasteiger partial charge in [0.15, 0.2) is 0 Å². The van der Waals surface area contributed by atoms with E-state index in [9.17, 15) is 18.0 Å². The molecule has 1 atom stereocenters. The molecule has 1 aliphatic rings. The first kappa shape index (κ1) is 17.2. The number of nitrogens with two attached hydrogens (primary N) is 1. The first-order chi connectivity index (χ1) is 9.31. The molecule has 5 nitrogen and oxygen atoms in total. The van der Waals surface area contributed by atoms with E-state index >= 15 is 0 Å². The molecule has 1 rings (SSSR count). The Kier molecular flexibility index (Phi) is 6.70. The van der Waals surface area contributed by atoms with E-state index in [1.54, 1.807) is 0 Å². The van der Waals surface area contributed by atoms with Crippen LogP contribution in [0.15, 0.2) is 0 Å². The van der Waals surface area contributed by atoms with Crippen LogP contribution in [0, 0.1) is 0 Å². The summed E-state index contributed by atoms with van der Waals surface area (Å²) in [5.74, 6) is -0.420. The summed E-state index contributed by atoms with van der Waals surface area (Å²) in [5, 5.41) is 3.06. The summed E-state index contributed by atoms with van der Waals surface area (Å²) in [7, 11) is 0. The molecule has 1 unspecified atom stereocenters. The molecule has 118 valence electrons. The van der Waals surface area contributed by atoms with Crippen molar-refractivity contribution in [2.75, 3.05) is 45.8 Å². The van der Waals surface area contributed by atoms with Crippen molar-refractivity contribution in [2.24, 2.45) is 5.73 Å². The van der Waals surface area contributed by atoms with Crippen LogP contribution in [0.3, 0.4) is 0 Å². The van der Waals surface area contributed by atoms with Gasteiger partial charge in [0.05, 0.1) is 12.6 Å². The van der Waals surface area contributed by atoms with Crippen molar-refractivity contribution in [1.29, 1.82) is 0 Å². The average Bonchev–Trinajstić information content (AvgIpc) is 2.34. The Hall–Kier alpha value is -0.860. The largest absolute Gasteiger partial charge is 0.401 e. The third-order valence-electron chi connectivity index (χ3n) is 3.29. The van der Waals surface area contributed by atoms with Gasteiger partial charge in [-0.3, -0.25) is 14.6 Å². The van der Waals surface area contributed by atoms with E-state index in [4.69, 9.17) is 5.73 Å². The predicted octanol–water partition coefficient (Wildman–Crippen LogP) is 0.0198. The molecule has 0 bridgehead atoms. The Labute approximate surface area is 117 Å². The standard InChI is InChI=1S/C12H23F3N4O/c1-2-3-17-10(11(16)20)8-18-4-6-19(7-5-18)9-12(13,14)15/h10,17H,2-9H2,1H3,(H2,16,20). The van der Waals surface area contributed by atoms with Gasteiger partial charge < -0.3 is 11.1 Å². The summed E-state index contributed by atoms with van der Waals surface area (Å²) < 4.78 is 36.8. The zero-order chi connectivity index (χ0) is 15.2. The SMILES string of the molecule is CCCNC(CN1CCN(CC(F)(F)F)CC1)C(N)=O. The lowest BCUT2D eigenvalue weighted by Crippen LogP contribution is -2.55. The van der Waals surface area contributed by atoms with Gasteiger partial charge in [-0.25, -0.2) is 0 Å².